The first-order chi connectivity index (χ1) is 15.7. The van der Waals surface area contributed by atoms with Crippen LogP contribution in [-0.2, 0) is 0 Å². The minimum absolute atomic E-state index is 0.438. The van der Waals surface area contributed by atoms with Gasteiger partial charge in [-0.2, -0.15) is 4.98 Å². The number of hydrogen-bond donors (Lipinski definition) is 3. The highest BCUT2D eigenvalue weighted by Gasteiger charge is 2.11. The Bertz CT molecular complexity index is 1030. The maximum atomic E-state index is 6.35. The van der Waals surface area contributed by atoms with Crippen LogP contribution < -0.4 is 20.1 Å². The molecule has 1 saturated heterocycles. The Balaban J connectivity index is 1.41. The highest BCUT2D eigenvalue weighted by Crippen LogP contribution is 2.30. The van der Waals surface area contributed by atoms with E-state index in [1.807, 2.05) is 54.8 Å². The van der Waals surface area contributed by atoms with E-state index in [0.29, 0.717) is 23.4 Å². The topological polar surface area (TPSA) is 74.3 Å². The first-order valence-electron chi connectivity index (χ1n) is 10.6. The second-order valence-electron chi connectivity index (χ2n) is 7.42. The van der Waals surface area contributed by atoms with Gasteiger partial charge < -0.3 is 20.1 Å². The van der Waals surface area contributed by atoms with Gasteiger partial charge in [-0.1, -0.05) is 41.7 Å². The molecule has 1 aromatic heterocycles. The average molecular weight is 471 g/mol. The molecule has 32 heavy (non-hydrogen) atoms. The van der Waals surface area contributed by atoms with Crippen LogP contribution in [0.4, 0.5) is 28.8 Å². The quantitative estimate of drug-likeness (QED) is 0.322. The summed E-state index contributed by atoms with van der Waals surface area (Å²) in [5.74, 6) is 1.79. The van der Waals surface area contributed by atoms with Crippen molar-refractivity contribution >= 4 is 52.4 Å². The van der Waals surface area contributed by atoms with Gasteiger partial charge in [-0.05, 0) is 50.2 Å². The SMILES string of the molecule is CSNc1ccccc1Nc1nc(Nc2cccc(OCCN3CCCC3)c2)ncc1Cl. The van der Waals surface area contributed by atoms with E-state index < -0.39 is 0 Å². The van der Waals surface area contributed by atoms with Crippen molar-refractivity contribution in [3.8, 4) is 5.75 Å². The molecular formula is C23H27ClN6OS. The second kappa shape index (κ2) is 11.3. The largest absolute Gasteiger partial charge is 0.492 e. The van der Waals surface area contributed by atoms with E-state index in [4.69, 9.17) is 16.3 Å². The molecule has 3 N–H and O–H groups in total. The zero-order valence-electron chi connectivity index (χ0n) is 18.0. The van der Waals surface area contributed by atoms with Crippen LogP contribution in [-0.4, -0.2) is 47.4 Å². The van der Waals surface area contributed by atoms with Gasteiger partial charge >= 0.3 is 0 Å². The van der Waals surface area contributed by atoms with Crippen LogP contribution >= 0.6 is 23.5 Å². The van der Waals surface area contributed by atoms with E-state index in [-0.39, 0.29) is 0 Å². The molecule has 0 saturated carbocycles. The van der Waals surface area contributed by atoms with E-state index in [1.54, 1.807) is 6.20 Å². The summed E-state index contributed by atoms with van der Waals surface area (Å²) in [7, 11) is 0. The lowest BCUT2D eigenvalue weighted by Crippen LogP contribution is -2.25. The Kier molecular flexibility index (Phi) is 7.92. The van der Waals surface area contributed by atoms with Crippen LogP contribution in [0.3, 0.4) is 0 Å². The number of hydrogen-bond acceptors (Lipinski definition) is 8. The first-order valence-corrected chi connectivity index (χ1v) is 12.2. The molecule has 0 unspecified atom stereocenters. The van der Waals surface area contributed by atoms with Crippen LogP contribution in [0.1, 0.15) is 12.8 Å². The fraction of sp³-hybridized carbons (Fsp3) is 0.304. The molecule has 7 nitrogen and oxygen atoms in total. The van der Waals surface area contributed by atoms with Crippen LogP contribution in [0.5, 0.6) is 5.75 Å². The molecule has 0 aliphatic carbocycles. The average Bonchev–Trinajstić information content (AvgIpc) is 3.31. The van der Waals surface area contributed by atoms with Crippen LogP contribution in [0.15, 0.2) is 54.7 Å². The molecule has 0 amide bonds. The lowest BCUT2D eigenvalue weighted by molar-refractivity contribution is 0.238. The molecule has 9 heteroatoms. The maximum Gasteiger partial charge on any atom is 0.229 e. The number of halogens is 1. The Labute approximate surface area is 198 Å². The van der Waals surface area contributed by atoms with Crippen molar-refractivity contribution in [2.75, 3.05) is 47.9 Å². The zero-order valence-corrected chi connectivity index (χ0v) is 19.5. The van der Waals surface area contributed by atoms with E-state index in [9.17, 15) is 0 Å². The number of para-hydroxylation sites is 2. The molecular weight excluding hydrogens is 444 g/mol. The number of rotatable bonds is 10. The third-order valence-corrected chi connectivity index (χ3v) is 5.80. The van der Waals surface area contributed by atoms with Crippen LogP contribution in [0.25, 0.3) is 0 Å². The van der Waals surface area contributed by atoms with Gasteiger partial charge in [0.2, 0.25) is 5.95 Å². The predicted molar refractivity (Wildman–Crippen MR) is 135 cm³/mol. The number of benzene rings is 2. The first kappa shape index (κ1) is 22.5. The van der Waals surface area contributed by atoms with Crippen molar-refractivity contribution in [1.29, 1.82) is 0 Å². The summed E-state index contributed by atoms with van der Waals surface area (Å²) in [6.45, 7) is 3.98. The molecule has 0 spiro atoms. The molecule has 1 aliphatic heterocycles. The van der Waals surface area contributed by atoms with Crippen molar-refractivity contribution < 1.29 is 4.74 Å². The summed E-state index contributed by atoms with van der Waals surface area (Å²) in [6.07, 6.45) is 6.13. The van der Waals surface area contributed by atoms with Gasteiger partial charge in [0.25, 0.3) is 0 Å². The number of nitrogens with zero attached hydrogens (tertiary/aromatic N) is 3. The van der Waals surface area contributed by atoms with Gasteiger partial charge in [-0.15, -0.1) is 0 Å². The van der Waals surface area contributed by atoms with E-state index >= 15 is 0 Å². The van der Waals surface area contributed by atoms with E-state index in [0.717, 1.165) is 29.4 Å². The van der Waals surface area contributed by atoms with Gasteiger partial charge in [-0.25, -0.2) is 4.98 Å². The summed E-state index contributed by atoms with van der Waals surface area (Å²) in [5.41, 5.74) is 2.67. The normalized spacial score (nSPS) is 13.7. The van der Waals surface area contributed by atoms with Gasteiger partial charge in [0.1, 0.15) is 17.4 Å². The fourth-order valence-electron chi connectivity index (χ4n) is 3.53. The standard InChI is InChI=1S/C23H27ClN6OS/c1-32-29-21-10-3-2-9-20(21)27-22-19(24)16-25-23(28-22)26-17-7-6-8-18(15-17)31-14-13-30-11-4-5-12-30/h2-3,6-10,15-16,29H,4-5,11-14H2,1H3,(H2,25,26,27,28). The number of likely N-dealkylation sites (tertiary alicyclic amines) is 1. The monoisotopic (exact) mass is 470 g/mol. The summed E-state index contributed by atoms with van der Waals surface area (Å²) >= 11 is 7.87. The van der Waals surface area contributed by atoms with Crippen LogP contribution in [0, 0.1) is 0 Å². The fourth-order valence-corrected chi connectivity index (χ4v) is 4.06. The van der Waals surface area contributed by atoms with Crippen LogP contribution in [0.2, 0.25) is 5.02 Å². The Morgan fingerprint density at radius 3 is 2.69 bits per heavy atom. The Hall–Kier alpha value is -2.68. The molecule has 0 bridgehead atoms. The third-order valence-electron chi connectivity index (χ3n) is 5.10. The highest BCUT2D eigenvalue weighted by atomic mass is 35.5. The van der Waals surface area contributed by atoms with Crippen molar-refractivity contribution in [2.24, 2.45) is 0 Å². The zero-order chi connectivity index (χ0) is 22.2. The Morgan fingerprint density at radius 2 is 1.88 bits per heavy atom. The summed E-state index contributed by atoms with van der Waals surface area (Å²) < 4.78 is 9.19. The second-order valence-corrected chi connectivity index (χ2v) is 8.44. The minimum atomic E-state index is 0.438. The lowest BCUT2D eigenvalue weighted by atomic mass is 10.2. The Morgan fingerprint density at radius 1 is 1.06 bits per heavy atom. The molecule has 1 aliphatic rings. The molecule has 2 aromatic carbocycles. The predicted octanol–water partition coefficient (Wildman–Crippen LogP) is 5.78. The van der Waals surface area contributed by atoms with Gasteiger partial charge in [0.05, 0.1) is 17.6 Å². The molecule has 1 fully saturated rings. The van der Waals surface area contributed by atoms with Crippen molar-refractivity contribution in [1.82, 2.24) is 14.9 Å². The third kappa shape index (κ3) is 6.18. The molecule has 3 aromatic rings. The minimum Gasteiger partial charge on any atom is -0.492 e. The summed E-state index contributed by atoms with van der Waals surface area (Å²) in [6, 6.07) is 15.7. The number of nitrogens with one attached hydrogen (secondary N) is 3. The number of ether oxygens (including phenoxy) is 1. The van der Waals surface area contributed by atoms with Crippen molar-refractivity contribution in [3.63, 3.8) is 0 Å². The van der Waals surface area contributed by atoms with E-state index in [2.05, 4.69) is 30.2 Å². The molecule has 168 valence electrons. The van der Waals surface area contributed by atoms with E-state index in [1.165, 1.54) is 37.9 Å². The molecule has 2 heterocycles. The molecule has 0 radical (unpaired) electrons. The van der Waals surface area contributed by atoms with Gasteiger partial charge in [0.15, 0.2) is 5.82 Å². The smallest absolute Gasteiger partial charge is 0.229 e. The number of anilines is 5. The van der Waals surface area contributed by atoms with Gasteiger partial charge in [-0.3, -0.25) is 4.90 Å². The summed E-state index contributed by atoms with van der Waals surface area (Å²) in [5, 5.41) is 6.97. The molecule has 4 rings (SSSR count). The lowest BCUT2D eigenvalue weighted by Gasteiger charge is -2.15. The number of aromatic nitrogens is 2. The highest BCUT2D eigenvalue weighted by molar-refractivity contribution is 7.99. The van der Waals surface area contributed by atoms with Crippen molar-refractivity contribution in [2.45, 2.75) is 12.8 Å². The molecule has 0 atom stereocenters. The van der Waals surface area contributed by atoms with Gasteiger partial charge in [0, 0.05) is 24.6 Å². The summed E-state index contributed by atoms with van der Waals surface area (Å²) in [4.78, 5) is 11.3. The van der Waals surface area contributed by atoms with Crippen molar-refractivity contribution in [3.05, 3.63) is 59.8 Å². The maximum absolute atomic E-state index is 6.35.